The molecule has 0 aromatic heterocycles. The molecule has 0 spiro atoms. The van der Waals surface area contributed by atoms with Crippen LogP contribution in [0.25, 0.3) is 0 Å². The zero-order valence-electron chi connectivity index (χ0n) is 29.0. The molecule has 0 aromatic rings. The summed E-state index contributed by atoms with van der Waals surface area (Å²) in [7, 11) is 0. The molecule has 6 aliphatic rings. The van der Waals surface area contributed by atoms with Crippen LogP contribution in [0.5, 0.6) is 0 Å². The van der Waals surface area contributed by atoms with E-state index in [9.17, 15) is 35.4 Å². The highest BCUT2D eigenvalue weighted by Crippen LogP contribution is 2.75. The molecule has 1 saturated heterocycles. The second kappa shape index (κ2) is 11.2. The Bertz CT molecular complexity index is 1230. The maximum atomic E-state index is 14.6. The molecule has 46 heavy (non-hydrogen) atoms. The lowest BCUT2D eigenvalue weighted by molar-refractivity contribution is -0.298. The number of rotatable bonds is 3. The van der Waals surface area contributed by atoms with Crippen molar-refractivity contribution in [2.45, 2.75) is 156 Å². The zero-order valence-corrected chi connectivity index (χ0v) is 29.0. The van der Waals surface area contributed by atoms with Gasteiger partial charge in [-0.1, -0.05) is 60.1 Å². The van der Waals surface area contributed by atoms with E-state index in [2.05, 4.69) is 54.5 Å². The van der Waals surface area contributed by atoms with Gasteiger partial charge in [0.2, 0.25) is 6.29 Å². The number of aliphatic hydroxyl groups is 6. The van der Waals surface area contributed by atoms with Crippen molar-refractivity contribution in [3.8, 4) is 0 Å². The van der Waals surface area contributed by atoms with E-state index in [4.69, 9.17) is 9.47 Å². The van der Waals surface area contributed by atoms with Crippen LogP contribution in [0.15, 0.2) is 11.6 Å². The second-order valence-electron chi connectivity index (χ2n) is 18.3. The second-order valence-corrected chi connectivity index (χ2v) is 18.3. The first kappa shape index (κ1) is 34.8. The Hall–Kier alpha value is -1.07. The van der Waals surface area contributed by atoms with E-state index >= 15 is 0 Å². The lowest BCUT2D eigenvalue weighted by Crippen LogP contribution is -2.67. The minimum atomic E-state index is -1.70. The normalized spacial score (nSPS) is 52.9. The van der Waals surface area contributed by atoms with Gasteiger partial charge >= 0.3 is 5.97 Å². The summed E-state index contributed by atoms with van der Waals surface area (Å²) >= 11 is 0. The highest BCUT2D eigenvalue weighted by molar-refractivity contribution is 5.79. The average molecular weight is 649 g/mol. The third-order valence-electron chi connectivity index (χ3n) is 15.5. The van der Waals surface area contributed by atoms with Crippen molar-refractivity contribution in [3.63, 3.8) is 0 Å². The number of aliphatic hydroxyl groups excluding tert-OH is 6. The Labute approximate surface area is 274 Å². The molecule has 9 heteroatoms. The summed E-state index contributed by atoms with van der Waals surface area (Å²) in [6.07, 6.45) is 1.24. The Kier molecular flexibility index (Phi) is 8.49. The highest BCUT2D eigenvalue weighted by Gasteiger charge is 2.71. The Morgan fingerprint density at radius 1 is 0.826 bits per heavy atom. The van der Waals surface area contributed by atoms with Crippen molar-refractivity contribution in [1.29, 1.82) is 0 Å². The Balaban J connectivity index is 1.40. The van der Waals surface area contributed by atoms with Crippen molar-refractivity contribution in [1.82, 2.24) is 0 Å². The maximum absolute atomic E-state index is 14.6. The molecule has 0 amide bonds. The van der Waals surface area contributed by atoms with E-state index in [0.717, 1.165) is 44.9 Å². The molecule has 6 N–H and O–H groups in total. The maximum Gasteiger partial charge on any atom is 0.317 e. The lowest BCUT2D eigenvalue weighted by atomic mass is 9.34. The number of hydrogen-bond donors (Lipinski definition) is 6. The van der Waals surface area contributed by atoms with Crippen LogP contribution in [0.2, 0.25) is 0 Å². The SMILES string of the molecule is CC1(C)CC[C@@H]2C3=CC[C@@H]4[C@@]5(C)CC[C@H](O)C(C)(C)[C@@H]5CC[C@@]4(C)[C@]3(C)CC(O)[C@@]2(C(=O)O[C@H]2OC(CO)[C@H](O)C(O)C2O)CC1. The van der Waals surface area contributed by atoms with Crippen molar-refractivity contribution >= 4 is 5.97 Å². The molecule has 0 aromatic carbocycles. The van der Waals surface area contributed by atoms with Gasteiger partial charge in [-0.3, -0.25) is 4.79 Å². The molecule has 6 rings (SSSR count). The van der Waals surface area contributed by atoms with E-state index < -0.39 is 54.8 Å². The zero-order chi connectivity index (χ0) is 33.8. The monoisotopic (exact) mass is 648 g/mol. The Morgan fingerprint density at radius 3 is 2.20 bits per heavy atom. The molecular formula is C37H60O9. The third kappa shape index (κ3) is 4.68. The van der Waals surface area contributed by atoms with Gasteiger partial charge < -0.3 is 40.1 Å². The van der Waals surface area contributed by atoms with Gasteiger partial charge in [-0.05, 0) is 109 Å². The Morgan fingerprint density at radius 2 is 1.52 bits per heavy atom. The highest BCUT2D eigenvalue weighted by atomic mass is 16.7. The van der Waals surface area contributed by atoms with Crippen LogP contribution in [0.4, 0.5) is 0 Å². The molecule has 0 bridgehead atoms. The molecule has 14 atom stereocenters. The van der Waals surface area contributed by atoms with Crippen molar-refractivity contribution in [2.24, 2.45) is 50.2 Å². The topological polar surface area (TPSA) is 157 Å². The summed E-state index contributed by atoms with van der Waals surface area (Å²) in [5.41, 5.74) is -0.649. The van der Waals surface area contributed by atoms with Crippen LogP contribution in [0, 0.1) is 50.2 Å². The third-order valence-corrected chi connectivity index (χ3v) is 15.5. The number of esters is 1. The van der Waals surface area contributed by atoms with Crippen LogP contribution in [-0.4, -0.2) is 86.1 Å². The summed E-state index contributed by atoms with van der Waals surface area (Å²) in [5.74, 6) is -0.142. The van der Waals surface area contributed by atoms with Crippen molar-refractivity contribution in [2.75, 3.05) is 6.61 Å². The van der Waals surface area contributed by atoms with E-state index in [1.807, 2.05) is 0 Å². The number of carbonyl (C=O) groups is 1. The van der Waals surface area contributed by atoms with Crippen LogP contribution >= 0.6 is 0 Å². The molecule has 4 unspecified atom stereocenters. The summed E-state index contributed by atoms with van der Waals surface area (Å²) in [6, 6.07) is 0. The van der Waals surface area contributed by atoms with Gasteiger partial charge in [0.15, 0.2) is 0 Å². The molecular weight excluding hydrogens is 588 g/mol. The van der Waals surface area contributed by atoms with Gasteiger partial charge in [-0.15, -0.1) is 0 Å². The first-order valence-electron chi connectivity index (χ1n) is 17.9. The van der Waals surface area contributed by atoms with Crippen LogP contribution in [-0.2, 0) is 14.3 Å². The fourth-order valence-electron chi connectivity index (χ4n) is 12.2. The van der Waals surface area contributed by atoms with Crippen molar-refractivity contribution in [3.05, 3.63) is 11.6 Å². The van der Waals surface area contributed by atoms with Gasteiger partial charge in [0.05, 0.1) is 18.8 Å². The van der Waals surface area contributed by atoms with Crippen LogP contribution in [0.3, 0.4) is 0 Å². The standard InChI is InChI=1S/C37H60O9/c1-32(2)13-10-21-20-8-9-24-34(5)14-12-25(39)33(3,4)23(34)11-15-35(24,6)36(20,7)18-26(40)37(21,17-16-32)31(44)46-30-29(43)28(42)27(41)22(19-38)45-30/h8,21-30,38-43H,9-19H2,1-7H3/t21-,22?,23+,24-,25+,26?,27+,28?,29?,30-,34+,35-,36-,37-/m1/s1. The fourth-order valence-corrected chi connectivity index (χ4v) is 12.2. The number of ether oxygens (including phenoxy) is 2. The number of fused-ring (bicyclic) bond motifs is 7. The lowest BCUT2D eigenvalue weighted by Gasteiger charge is -2.71. The van der Waals surface area contributed by atoms with Crippen LogP contribution in [0.1, 0.15) is 113 Å². The van der Waals surface area contributed by atoms with Gasteiger partial charge in [0.1, 0.15) is 29.8 Å². The van der Waals surface area contributed by atoms with Gasteiger partial charge in [-0.2, -0.15) is 0 Å². The summed E-state index contributed by atoms with van der Waals surface area (Å²) in [6.45, 7) is 15.5. The quantitative estimate of drug-likeness (QED) is 0.198. The molecule has 5 fully saturated rings. The first-order valence-corrected chi connectivity index (χ1v) is 17.9. The van der Waals surface area contributed by atoms with Crippen LogP contribution < -0.4 is 0 Å². The van der Waals surface area contributed by atoms with E-state index in [-0.39, 0.29) is 39.1 Å². The van der Waals surface area contributed by atoms with Gasteiger partial charge in [0.25, 0.3) is 0 Å². The van der Waals surface area contributed by atoms with Gasteiger partial charge in [0, 0.05) is 0 Å². The fraction of sp³-hybridized carbons (Fsp3) is 0.919. The molecule has 1 heterocycles. The summed E-state index contributed by atoms with van der Waals surface area (Å²) < 4.78 is 11.5. The molecule has 262 valence electrons. The molecule has 9 nitrogen and oxygen atoms in total. The molecule has 0 radical (unpaired) electrons. The van der Waals surface area contributed by atoms with Crippen molar-refractivity contribution < 1.29 is 44.9 Å². The largest absolute Gasteiger partial charge is 0.432 e. The molecule has 4 saturated carbocycles. The average Bonchev–Trinajstić information content (AvgIpc) is 3.12. The molecule has 5 aliphatic carbocycles. The summed E-state index contributed by atoms with van der Waals surface area (Å²) in [5, 5.41) is 64.6. The minimum absolute atomic E-state index is 0.0493. The number of allylic oxidation sites excluding steroid dienone is 2. The molecule has 1 aliphatic heterocycles. The smallest absolute Gasteiger partial charge is 0.317 e. The van der Waals surface area contributed by atoms with E-state index in [1.165, 1.54) is 5.57 Å². The number of hydrogen-bond acceptors (Lipinski definition) is 9. The van der Waals surface area contributed by atoms with E-state index in [0.29, 0.717) is 31.1 Å². The summed E-state index contributed by atoms with van der Waals surface area (Å²) in [4.78, 5) is 14.6. The predicted octanol–water partition coefficient (Wildman–Crippen LogP) is 3.85. The predicted molar refractivity (Wildman–Crippen MR) is 171 cm³/mol. The number of carbonyl (C=O) groups excluding carboxylic acids is 1. The van der Waals surface area contributed by atoms with E-state index in [1.54, 1.807) is 0 Å². The van der Waals surface area contributed by atoms with Gasteiger partial charge in [-0.25, -0.2) is 0 Å². The minimum Gasteiger partial charge on any atom is -0.432 e. The first-order chi connectivity index (χ1) is 21.3.